The Hall–Kier alpha value is -3.04. The summed E-state index contributed by atoms with van der Waals surface area (Å²) >= 11 is 0. The largest absolute Gasteiger partial charge is 0.435 e. The van der Waals surface area contributed by atoms with Gasteiger partial charge in [-0.3, -0.25) is 4.79 Å². The van der Waals surface area contributed by atoms with Gasteiger partial charge in [-0.05, 0) is 12.1 Å². The summed E-state index contributed by atoms with van der Waals surface area (Å²) in [7, 11) is 0. The lowest BCUT2D eigenvalue weighted by atomic mass is 10.2. The molecule has 5 nitrogen and oxygen atoms in total. The van der Waals surface area contributed by atoms with Crippen molar-refractivity contribution < 1.29 is 26.7 Å². The average Bonchev–Trinajstić information content (AvgIpc) is 2.90. The van der Waals surface area contributed by atoms with Crippen molar-refractivity contribution in [1.82, 2.24) is 14.6 Å². The highest BCUT2D eigenvalue weighted by molar-refractivity contribution is 6.04. The van der Waals surface area contributed by atoms with Crippen LogP contribution in [0.15, 0.2) is 36.7 Å². The zero-order chi connectivity index (χ0) is 17.5. The van der Waals surface area contributed by atoms with Crippen molar-refractivity contribution in [2.75, 3.05) is 5.32 Å². The molecule has 1 aromatic carbocycles. The van der Waals surface area contributed by atoms with Gasteiger partial charge in [-0.15, -0.1) is 0 Å². The molecule has 3 aromatic rings. The summed E-state index contributed by atoms with van der Waals surface area (Å²) < 4.78 is 65.6. The van der Waals surface area contributed by atoms with Gasteiger partial charge in [0.05, 0.1) is 18.1 Å². The molecule has 0 spiro atoms. The van der Waals surface area contributed by atoms with E-state index in [4.69, 9.17) is 0 Å². The van der Waals surface area contributed by atoms with E-state index in [1.165, 1.54) is 0 Å². The van der Waals surface area contributed by atoms with Crippen molar-refractivity contribution in [3.05, 3.63) is 59.6 Å². The number of hydrogen-bond donors (Lipinski definition) is 1. The van der Waals surface area contributed by atoms with Gasteiger partial charge in [0.2, 0.25) is 0 Å². The van der Waals surface area contributed by atoms with E-state index in [2.05, 4.69) is 15.4 Å². The predicted octanol–water partition coefficient (Wildman–Crippen LogP) is 3.28. The molecule has 2 heterocycles. The number of benzene rings is 1. The molecule has 124 valence electrons. The highest BCUT2D eigenvalue weighted by Gasteiger charge is 2.34. The SMILES string of the molecule is O=C(Nc1cnc2cc(C(F)(F)F)nn2c1)c1c(F)cccc1F. The number of carbonyl (C=O) groups is 1. The Balaban J connectivity index is 1.91. The van der Waals surface area contributed by atoms with Gasteiger partial charge in [-0.2, -0.15) is 18.3 Å². The molecule has 0 bridgehead atoms. The van der Waals surface area contributed by atoms with Crippen LogP contribution in [-0.2, 0) is 6.18 Å². The third kappa shape index (κ3) is 2.90. The number of anilines is 1. The van der Waals surface area contributed by atoms with Gasteiger partial charge < -0.3 is 5.32 Å². The van der Waals surface area contributed by atoms with Crippen LogP contribution in [0.25, 0.3) is 5.65 Å². The zero-order valence-electron chi connectivity index (χ0n) is 11.6. The van der Waals surface area contributed by atoms with Gasteiger partial charge in [0.15, 0.2) is 11.3 Å². The van der Waals surface area contributed by atoms with Gasteiger partial charge in [0.1, 0.15) is 17.2 Å². The number of hydrogen-bond acceptors (Lipinski definition) is 3. The maximum atomic E-state index is 13.5. The Bertz CT molecular complexity index is 914. The number of alkyl halides is 3. The van der Waals surface area contributed by atoms with Crippen LogP contribution in [0.4, 0.5) is 27.6 Å². The van der Waals surface area contributed by atoms with E-state index in [-0.39, 0.29) is 11.3 Å². The summed E-state index contributed by atoms with van der Waals surface area (Å²) in [5.41, 5.74) is -2.14. The zero-order valence-corrected chi connectivity index (χ0v) is 11.6. The Kier molecular flexibility index (Phi) is 3.66. The van der Waals surface area contributed by atoms with E-state index < -0.39 is 35.0 Å². The molecule has 2 aromatic heterocycles. The third-order valence-corrected chi connectivity index (χ3v) is 3.05. The Morgan fingerprint density at radius 3 is 2.46 bits per heavy atom. The number of halogens is 5. The molecular weight excluding hydrogens is 335 g/mol. The molecule has 1 amide bonds. The minimum Gasteiger partial charge on any atom is -0.319 e. The second-order valence-corrected chi connectivity index (χ2v) is 4.72. The molecule has 0 saturated carbocycles. The first-order valence-electron chi connectivity index (χ1n) is 6.43. The van der Waals surface area contributed by atoms with Crippen LogP contribution in [0.2, 0.25) is 0 Å². The van der Waals surface area contributed by atoms with Gasteiger partial charge in [0.25, 0.3) is 5.91 Å². The van der Waals surface area contributed by atoms with Gasteiger partial charge >= 0.3 is 6.18 Å². The number of nitrogens with one attached hydrogen (secondary N) is 1. The molecule has 10 heteroatoms. The third-order valence-electron chi connectivity index (χ3n) is 3.05. The lowest BCUT2D eigenvalue weighted by Crippen LogP contribution is -2.16. The summed E-state index contributed by atoms with van der Waals surface area (Å²) in [6.45, 7) is 0. The van der Waals surface area contributed by atoms with Crippen LogP contribution in [0.1, 0.15) is 16.1 Å². The summed E-state index contributed by atoms with van der Waals surface area (Å²) in [6, 6.07) is 3.63. The lowest BCUT2D eigenvalue weighted by molar-refractivity contribution is -0.141. The molecule has 0 unspecified atom stereocenters. The molecule has 0 atom stereocenters. The Labute approximate surface area is 130 Å². The molecule has 0 aliphatic heterocycles. The highest BCUT2D eigenvalue weighted by Crippen LogP contribution is 2.28. The molecule has 0 aliphatic rings. The number of fused-ring (bicyclic) bond motifs is 1. The predicted molar refractivity (Wildman–Crippen MR) is 72.3 cm³/mol. The normalized spacial score (nSPS) is 11.7. The molecule has 1 N–H and O–H groups in total. The summed E-state index contributed by atoms with van der Waals surface area (Å²) in [6.07, 6.45) is -2.55. The Morgan fingerprint density at radius 2 is 1.83 bits per heavy atom. The molecule has 3 rings (SSSR count). The van der Waals surface area contributed by atoms with Crippen molar-refractivity contribution >= 4 is 17.2 Å². The summed E-state index contributed by atoms with van der Waals surface area (Å²) in [5, 5.41) is 5.45. The number of nitrogens with zero attached hydrogens (tertiary/aromatic N) is 3. The van der Waals surface area contributed by atoms with E-state index in [9.17, 15) is 26.7 Å². The summed E-state index contributed by atoms with van der Waals surface area (Å²) in [4.78, 5) is 15.6. The van der Waals surface area contributed by atoms with E-state index in [1.807, 2.05) is 0 Å². The lowest BCUT2D eigenvalue weighted by Gasteiger charge is -2.07. The number of amides is 1. The minimum atomic E-state index is -4.65. The van der Waals surface area contributed by atoms with Crippen LogP contribution >= 0.6 is 0 Å². The molecule has 0 radical (unpaired) electrons. The van der Waals surface area contributed by atoms with Crippen LogP contribution in [0.3, 0.4) is 0 Å². The molecule has 0 saturated heterocycles. The van der Waals surface area contributed by atoms with Gasteiger partial charge in [-0.25, -0.2) is 18.3 Å². The van der Waals surface area contributed by atoms with Crippen LogP contribution in [0, 0.1) is 11.6 Å². The standard InChI is InChI=1S/C14H7F5N4O/c15-8-2-1-3-9(16)12(8)13(24)21-7-5-20-11-4-10(14(17,18)19)22-23(11)6-7/h1-6H,(H,21,24). The summed E-state index contributed by atoms with van der Waals surface area (Å²) in [5.74, 6) is -3.24. The fourth-order valence-corrected chi connectivity index (χ4v) is 1.99. The van der Waals surface area contributed by atoms with Crippen molar-refractivity contribution in [2.45, 2.75) is 6.18 Å². The quantitative estimate of drug-likeness (QED) is 0.727. The average molecular weight is 342 g/mol. The van der Waals surface area contributed by atoms with Gasteiger partial charge in [-0.1, -0.05) is 6.07 Å². The molecule has 0 fully saturated rings. The van der Waals surface area contributed by atoms with E-state index in [0.29, 0.717) is 0 Å². The maximum absolute atomic E-state index is 13.5. The monoisotopic (exact) mass is 342 g/mol. The number of rotatable bonds is 2. The van der Waals surface area contributed by atoms with Gasteiger partial charge in [0, 0.05) is 6.07 Å². The first-order chi connectivity index (χ1) is 11.3. The van der Waals surface area contributed by atoms with Crippen LogP contribution in [-0.4, -0.2) is 20.5 Å². The van der Waals surface area contributed by atoms with Crippen LogP contribution in [0.5, 0.6) is 0 Å². The fourth-order valence-electron chi connectivity index (χ4n) is 1.99. The smallest absolute Gasteiger partial charge is 0.319 e. The number of carbonyl (C=O) groups excluding carboxylic acids is 1. The van der Waals surface area contributed by atoms with Crippen molar-refractivity contribution in [1.29, 1.82) is 0 Å². The maximum Gasteiger partial charge on any atom is 0.435 e. The Morgan fingerprint density at radius 1 is 1.17 bits per heavy atom. The second-order valence-electron chi connectivity index (χ2n) is 4.72. The first-order valence-corrected chi connectivity index (χ1v) is 6.43. The molecular formula is C14H7F5N4O. The highest BCUT2D eigenvalue weighted by atomic mass is 19.4. The van der Waals surface area contributed by atoms with E-state index >= 15 is 0 Å². The van der Waals surface area contributed by atoms with Crippen LogP contribution < -0.4 is 5.32 Å². The molecule has 24 heavy (non-hydrogen) atoms. The van der Waals surface area contributed by atoms with Crippen molar-refractivity contribution in [3.63, 3.8) is 0 Å². The van der Waals surface area contributed by atoms with Crippen molar-refractivity contribution in [2.24, 2.45) is 0 Å². The second kappa shape index (κ2) is 5.55. The number of aromatic nitrogens is 3. The van der Waals surface area contributed by atoms with E-state index in [1.54, 1.807) is 0 Å². The minimum absolute atomic E-state index is 0.0769. The fraction of sp³-hybridized carbons (Fsp3) is 0.0714. The molecule has 0 aliphatic carbocycles. The topological polar surface area (TPSA) is 59.3 Å². The van der Waals surface area contributed by atoms with E-state index in [0.717, 1.165) is 41.2 Å². The first kappa shape index (κ1) is 15.8. The van der Waals surface area contributed by atoms with Crippen molar-refractivity contribution in [3.8, 4) is 0 Å².